The van der Waals surface area contributed by atoms with E-state index in [1.165, 1.54) is 30.7 Å². The van der Waals surface area contributed by atoms with Crippen molar-refractivity contribution < 1.29 is 14.7 Å². The van der Waals surface area contributed by atoms with E-state index < -0.39 is 12.0 Å². The minimum atomic E-state index is -1.06. The number of carbonyl (C=O) groups is 2. The van der Waals surface area contributed by atoms with E-state index in [0.29, 0.717) is 11.5 Å². The van der Waals surface area contributed by atoms with Crippen molar-refractivity contribution in [1.29, 1.82) is 0 Å². The Morgan fingerprint density at radius 2 is 2.00 bits per heavy atom. The molecule has 1 aromatic heterocycles. The van der Waals surface area contributed by atoms with Gasteiger partial charge in [0.15, 0.2) is 5.82 Å². The summed E-state index contributed by atoms with van der Waals surface area (Å²) in [6.07, 6.45) is 4.33. The molecule has 0 bridgehead atoms. The second kappa shape index (κ2) is 5.58. The summed E-state index contributed by atoms with van der Waals surface area (Å²) >= 11 is 0. The summed E-state index contributed by atoms with van der Waals surface area (Å²) in [4.78, 5) is 30.1. The van der Waals surface area contributed by atoms with Crippen LogP contribution in [-0.2, 0) is 0 Å². The van der Waals surface area contributed by atoms with Crippen molar-refractivity contribution in [1.82, 2.24) is 9.97 Å². The minimum absolute atomic E-state index is 0.0947. The Balaban J connectivity index is 2.03. The molecule has 0 aliphatic heterocycles. The van der Waals surface area contributed by atoms with Gasteiger partial charge in [0, 0.05) is 18.1 Å². The zero-order chi connectivity index (χ0) is 13.7. The van der Waals surface area contributed by atoms with Crippen LogP contribution in [0.25, 0.3) is 0 Å². The summed E-state index contributed by atoms with van der Waals surface area (Å²) in [5, 5.41) is 13.8. The number of urea groups is 1. The highest BCUT2D eigenvalue weighted by molar-refractivity contribution is 6.00. The third-order valence-electron chi connectivity index (χ3n) is 2.17. The van der Waals surface area contributed by atoms with Crippen molar-refractivity contribution in [2.24, 2.45) is 0 Å². The fourth-order valence-electron chi connectivity index (χ4n) is 1.37. The van der Waals surface area contributed by atoms with Crippen LogP contribution in [0.4, 0.5) is 16.3 Å². The molecule has 0 radical (unpaired) electrons. The van der Waals surface area contributed by atoms with Gasteiger partial charge in [0.1, 0.15) is 0 Å². The van der Waals surface area contributed by atoms with Crippen LogP contribution in [0.2, 0.25) is 0 Å². The van der Waals surface area contributed by atoms with Gasteiger partial charge in [-0.05, 0) is 18.2 Å². The SMILES string of the molecule is O=C(Nc1cccc(C(=O)O)c1)Nc1cnccn1. The van der Waals surface area contributed by atoms with Crippen molar-refractivity contribution in [2.75, 3.05) is 10.6 Å². The summed E-state index contributed by atoms with van der Waals surface area (Å²) in [7, 11) is 0. The Morgan fingerprint density at radius 1 is 1.16 bits per heavy atom. The molecule has 0 aliphatic carbocycles. The molecule has 1 heterocycles. The Hall–Kier alpha value is -2.96. The largest absolute Gasteiger partial charge is 0.478 e. The van der Waals surface area contributed by atoms with E-state index in [0.717, 1.165) is 0 Å². The highest BCUT2D eigenvalue weighted by atomic mass is 16.4. The monoisotopic (exact) mass is 258 g/mol. The molecule has 2 amide bonds. The highest BCUT2D eigenvalue weighted by Gasteiger charge is 2.06. The molecule has 1 aromatic carbocycles. The molecule has 96 valence electrons. The average Bonchev–Trinajstić information content (AvgIpc) is 2.40. The number of aromatic carboxylic acids is 1. The Bertz CT molecular complexity index is 601. The third-order valence-corrected chi connectivity index (χ3v) is 2.17. The molecule has 2 rings (SSSR count). The fourth-order valence-corrected chi connectivity index (χ4v) is 1.37. The number of nitrogens with zero attached hydrogens (tertiary/aromatic N) is 2. The zero-order valence-electron chi connectivity index (χ0n) is 9.70. The van der Waals surface area contributed by atoms with Gasteiger partial charge in [0.25, 0.3) is 0 Å². The topological polar surface area (TPSA) is 104 Å². The van der Waals surface area contributed by atoms with Crippen molar-refractivity contribution in [3.63, 3.8) is 0 Å². The second-order valence-corrected chi connectivity index (χ2v) is 3.56. The van der Waals surface area contributed by atoms with E-state index in [2.05, 4.69) is 20.6 Å². The van der Waals surface area contributed by atoms with Crippen molar-refractivity contribution in [2.45, 2.75) is 0 Å². The van der Waals surface area contributed by atoms with E-state index in [1.807, 2.05) is 0 Å². The van der Waals surface area contributed by atoms with Crippen LogP contribution >= 0.6 is 0 Å². The predicted molar refractivity (Wildman–Crippen MR) is 68.1 cm³/mol. The molecule has 7 nitrogen and oxygen atoms in total. The molecule has 0 spiro atoms. The maximum absolute atomic E-state index is 11.6. The number of anilines is 2. The van der Waals surface area contributed by atoms with Gasteiger partial charge in [0.05, 0.1) is 11.8 Å². The van der Waals surface area contributed by atoms with Crippen molar-refractivity contribution in [3.8, 4) is 0 Å². The number of aromatic nitrogens is 2. The molecule has 0 saturated carbocycles. The predicted octanol–water partition coefficient (Wildman–Crippen LogP) is 1.82. The molecular formula is C12H10N4O3. The Morgan fingerprint density at radius 3 is 2.68 bits per heavy atom. The molecule has 2 aromatic rings. The number of benzene rings is 1. The van der Waals surface area contributed by atoms with Gasteiger partial charge in [-0.3, -0.25) is 10.3 Å². The van der Waals surface area contributed by atoms with Gasteiger partial charge in [0.2, 0.25) is 0 Å². The van der Waals surface area contributed by atoms with E-state index in [9.17, 15) is 9.59 Å². The summed E-state index contributed by atoms with van der Waals surface area (Å²) in [5.74, 6) is -0.757. The van der Waals surface area contributed by atoms with Gasteiger partial charge < -0.3 is 10.4 Å². The highest BCUT2D eigenvalue weighted by Crippen LogP contribution is 2.11. The molecular weight excluding hydrogens is 248 g/mol. The van der Waals surface area contributed by atoms with E-state index in [1.54, 1.807) is 12.1 Å². The molecule has 0 saturated heterocycles. The first kappa shape index (κ1) is 12.5. The number of amides is 2. The fraction of sp³-hybridized carbons (Fsp3) is 0. The van der Waals surface area contributed by atoms with Crippen LogP contribution in [0.15, 0.2) is 42.9 Å². The summed E-state index contributed by atoms with van der Waals surface area (Å²) in [6, 6.07) is 5.40. The first-order valence-corrected chi connectivity index (χ1v) is 5.32. The molecule has 3 N–H and O–H groups in total. The maximum atomic E-state index is 11.6. The lowest BCUT2D eigenvalue weighted by atomic mass is 10.2. The van der Waals surface area contributed by atoms with Gasteiger partial charge >= 0.3 is 12.0 Å². The van der Waals surface area contributed by atoms with Crippen LogP contribution in [0.3, 0.4) is 0 Å². The number of carbonyl (C=O) groups excluding carboxylic acids is 1. The molecule has 0 aliphatic rings. The Kier molecular flexibility index (Phi) is 3.67. The maximum Gasteiger partial charge on any atom is 0.335 e. The smallest absolute Gasteiger partial charge is 0.335 e. The van der Waals surface area contributed by atoms with Gasteiger partial charge in [-0.1, -0.05) is 6.07 Å². The lowest BCUT2D eigenvalue weighted by Gasteiger charge is -2.07. The number of nitrogens with one attached hydrogen (secondary N) is 2. The zero-order valence-corrected chi connectivity index (χ0v) is 9.70. The van der Waals surface area contributed by atoms with Gasteiger partial charge in [-0.25, -0.2) is 14.6 Å². The van der Waals surface area contributed by atoms with Gasteiger partial charge in [-0.15, -0.1) is 0 Å². The summed E-state index contributed by atoms with van der Waals surface area (Å²) in [6.45, 7) is 0. The third kappa shape index (κ3) is 3.50. The van der Waals surface area contributed by atoms with E-state index >= 15 is 0 Å². The van der Waals surface area contributed by atoms with Crippen LogP contribution in [0.5, 0.6) is 0 Å². The van der Waals surface area contributed by atoms with Crippen molar-refractivity contribution >= 4 is 23.5 Å². The lowest BCUT2D eigenvalue weighted by Crippen LogP contribution is -2.20. The molecule has 7 heteroatoms. The number of hydrogen-bond acceptors (Lipinski definition) is 4. The minimum Gasteiger partial charge on any atom is -0.478 e. The average molecular weight is 258 g/mol. The van der Waals surface area contributed by atoms with Crippen LogP contribution < -0.4 is 10.6 Å². The second-order valence-electron chi connectivity index (χ2n) is 3.56. The first-order chi connectivity index (χ1) is 9.15. The summed E-state index contributed by atoms with van der Waals surface area (Å²) in [5.41, 5.74) is 0.471. The summed E-state index contributed by atoms with van der Waals surface area (Å²) < 4.78 is 0. The standard InChI is InChI=1S/C12H10N4O3/c17-11(18)8-2-1-3-9(6-8)15-12(19)16-10-7-13-4-5-14-10/h1-7H,(H,17,18)(H2,14,15,16,19). The van der Waals surface area contributed by atoms with E-state index in [4.69, 9.17) is 5.11 Å². The van der Waals surface area contributed by atoms with Crippen LogP contribution in [-0.4, -0.2) is 27.1 Å². The number of carboxylic acid groups (broad SMARTS) is 1. The van der Waals surface area contributed by atoms with E-state index in [-0.39, 0.29) is 5.56 Å². The molecule has 0 unspecified atom stereocenters. The molecule has 0 fully saturated rings. The van der Waals surface area contributed by atoms with Crippen LogP contribution in [0, 0.1) is 0 Å². The number of rotatable bonds is 3. The number of hydrogen-bond donors (Lipinski definition) is 3. The lowest BCUT2D eigenvalue weighted by molar-refractivity contribution is 0.0697. The molecule has 0 atom stereocenters. The van der Waals surface area contributed by atoms with Gasteiger partial charge in [-0.2, -0.15) is 0 Å². The Labute approximate surface area is 108 Å². The normalized spacial score (nSPS) is 9.68. The van der Waals surface area contributed by atoms with Crippen molar-refractivity contribution in [3.05, 3.63) is 48.4 Å². The quantitative estimate of drug-likeness (QED) is 0.778. The number of carboxylic acids is 1. The molecule has 19 heavy (non-hydrogen) atoms. The van der Waals surface area contributed by atoms with Crippen LogP contribution in [0.1, 0.15) is 10.4 Å². The first-order valence-electron chi connectivity index (χ1n) is 5.32.